The first-order valence-corrected chi connectivity index (χ1v) is 9.88. The predicted molar refractivity (Wildman–Crippen MR) is 106 cm³/mol. The number of nitrogens with one attached hydrogen (secondary N) is 1. The molecule has 0 bridgehead atoms. The van der Waals surface area contributed by atoms with Gasteiger partial charge in [0.1, 0.15) is 0 Å². The third-order valence-electron chi connectivity index (χ3n) is 5.30. The second kappa shape index (κ2) is 8.87. The highest BCUT2D eigenvalue weighted by Crippen LogP contribution is 2.20. The molecule has 0 aliphatic carbocycles. The van der Waals surface area contributed by atoms with Gasteiger partial charge in [-0.1, -0.05) is 19.0 Å². The Morgan fingerprint density at radius 2 is 1.83 bits per heavy atom. The Labute approximate surface area is 170 Å². The standard InChI is InChI=1S/C20H29N5O4/c1-12(2)19-22-16(29-23-19)11-25-8-6-24(7-9-25)10-15(26)18-13(3)17(14(4)21-18)20(27)28-5/h12,21H,6-11H2,1-5H3. The number of ether oxygens (including phenoxy) is 1. The second-order valence-electron chi connectivity index (χ2n) is 7.79. The number of esters is 1. The predicted octanol–water partition coefficient (Wildman–Crippen LogP) is 1.93. The lowest BCUT2D eigenvalue weighted by Crippen LogP contribution is -2.47. The van der Waals surface area contributed by atoms with Crippen LogP contribution in [0.4, 0.5) is 0 Å². The smallest absolute Gasteiger partial charge is 0.339 e. The van der Waals surface area contributed by atoms with Crippen molar-refractivity contribution in [2.75, 3.05) is 39.8 Å². The molecule has 29 heavy (non-hydrogen) atoms. The number of ketones is 1. The molecule has 1 N–H and O–H groups in total. The molecule has 3 heterocycles. The van der Waals surface area contributed by atoms with E-state index in [0.29, 0.717) is 41.5 Å². The number of carbonyl (C=O) groups is 2. The number of aromatic nitrogens is 3. The number of nitrogens with zero attached hydrogens (tertiary/aromatic N) is 4. The Balaban J connectivity index is 1.54. The van der Waals surface area contributed by atoms with Gasteiger partial charge in [-0.3, -0.25) is 14.6 Å². The minimum absolute atomic E-state index is 0.0207. The monoisotopic (exact) mass is 403 g/mol. The zero-order valence-electron chi connectivity index (χ0n) is 17.7. The largest absolute Gasteiger partial charge is 0.465 e. The van der Waals surface area contributed by atoms with Crippen molar-refractivity contribution in [2.24, 2.45) is 0 Å². The molecule has 1 saturated heterocycles. The van der Waals surface area contributed by atoms with Gasteiger partial charge in [0.2, 0.25) is 5.89 Å². The summed E-state index contributed by atoms with van der Waals surface area (Å²) in [6.45, 7) is 11.8. The van der Waals surface area contributed by atoms with Gasteiger partial charge in [-0.05, 0) is 19.4 Å². The number of aromatic amines is 1. The molecular formula is C20H29N5O4. The van der Waals surface area contributed by atoms with Crippen LogP contribution < -0.4 is 0 Å². The van der Waals surface area contributed by atoms with Crippen molar-refractivity contribution in [3.63, 3.8) is 0 Å². The summed E-state index contributed by atoms with van der Waals surface area (Å²) >= 11 is 0. The number of methoxy groups -OCH3 is 1. The van der Waals surface area contributed by atoms with Crippen LogP contribution in [-0.2, 0) is 11.3 Å². The third-order valence-corrected chi connectivity index (χ3v) is 5.30. The third kappa shape index (κ3) is 4.73. The number of H-pyrrole nitrogens is 1. The number of rotatable bonds is 7. The number of hydrogen-bond acceptors (Lipinski definition) is 8. The van der Waals surface area contributed by atoms with Gasteiger partial charge in [0.25, 0.3) is 0 Å². The van der Waals surface area contributed by atoms with Crippen molar-refractivity contribution in [1.82, 2.24) is 24.9 Å². The van der Waals surface area contributed by atoms with Crippen molar-refractivity contribution in [3.8, 4) is 0 Å². The van der Waals surface area contributed by atoms with E-state index in [1.54, 1.807) is 13.8 Å². The van der Waals surface area contributed by atoms with Crippen molar-refractivity contribution < 1.29 is 18.8 Å². The van der Waals surface area contributed by atoms with Crippen LogP contribution in [-0.4, -0.2) is 76.5 Å². The Morgan fingerprint density at radius 1 is 1.17 bits per heavy atom. The first-order chi connectivity index (χ1) is 13.8. The summed E-state index contributed by atoms with van der Waals surface area (Å²) < 4.78 is 10.1. The Kier molecular flexibility index (Phi) is 6.49. The van der Waals surface area contributed by atoms with Gasteiger partial charge >= 0.3 is 5.97 Å². The van der Waals surface area contributed by atoms with Gasteiger partial charge in [0, 0.05) is 37.8 Å². The van der Waals surface area contributed by atoms with Crippen LogP contribution in [0.2, 0.25) is 0 Å². The highest BCUT2D eigenvalue weighted by Gasteiger charge is 2.25. The Hall–Kier alpha value is -2.52. The van der Waals surface area contributed by atoms with Gasteiger partial charge in [0.15, 0.2) is 11.6 Å². The summed E-state index contributed by atoms with van der Waals surface area (Å²) in [5, 5.41) is 4.00. The van der Waals surface area contributed by atoms with Crippen LogP contribution in [0.15, 0.2) is 4.52 Å². The van der Waals surface area contributed by atoms with Gasteiger partial charge in [0.05, 0.1) is 31.5 Å². The summed E-state index contributed by atoms with van der Waals surface area (Å²) in [4.78, 5) is 36.5. The summed E-state index contributed by atoms with van der Waals surface area (Å²) in [5.41, 5.74) is 2.23. The highest BCUT2D eigenvalue weighted by molar-refractivity contribution is 6.02. The van der Waals surface area contributed by atoms with Crippen molar-refractivity contribution in [1.29, 1.82) is 0 Å². The molecule has 1 aliphatic rings. The molecule has 1 fully saturated rings. The molecule has 0 aromatic carbocycles. The van der Waals surface area contributed by atoms with E-state index in [4.69, 9.17) is 9.26 Å². The maximum atomic E-state index is 12.8. The average molecular weight is 403 g/mol. The van der Waals surface area contributed by atoms with Crippen LogP contribution >= 0.6 is 0 Å². The van der Waals surface area contributed by atoms with Crippen molar-refractivity contribution in [2.45, 2.75) is 40.2 Å². The van der Waals surface area contributed by atoms with Crippen LogP contribution in [0.5, 0.6) is 0 Å². The first-order valence-electron chi connectivity index (χ1n) is 9.88. The maximum Gasteiger partial charge on any atom is 0.339 e. The lowest BCUT2D eigenvalue weighted by atomic mass is 10.1. The summed E-state index contributed by atoms with van der Waals surface area (Å²) in [7, 11) is 1.34. The average Bonchev–Trinajstić information content (AvgIpc) is 3.27. The molecule has 0 unspecified atom stereocenters. The Bertz CT molecular complexity index is 878. The lowest BCUT2D eigenvalue weighted by Gasteiger charge is -2.33. The summed E-state index contributed by atoms with van der Waals surface area (Å²) in [6, 6.07) is 0. The fraction of sp³-hybridized carbons (Fsp3) is 0.600. The first kappa shape index (κ1) is 21.2. The molecular weight excluding hydrogens is 374 g/mol. The molecule has 0 radical (unpaired) electrons. The van der Waals surface area contributed by atoms with E-state index in [9.17, 15) is 9.59 Å². The van der Waals surface area contributed by atoms with E-state index in [0.717, 1.165) is 32.0 Å². The van der Waals surface area contributed by atoms with Crippen molar-refractivity contribution in [3.05, 3.63) is 34.2 Å². The minimum atomic E-state index is -0.425. The fourth-order valence-electron chi connectivity index (χ4n) is 3.58. The number of piperazine rings is 1. The van der Waals surface area contributed by atoms with Crippen LogP contribution in [0.3, 0.4) is 0 Å². The van der Waals surface area contributed by atoms with Gasteiger partial charge in [-0.25, -0.2) is 4.79 Å². The zero-order valence-corrected chi connectivity index (χ0v) is 17.7. The normalized spacial score (nSPS) is 15.8. The van der Waals surface area contributed by atoms with E-state index >= 15 is 0 Å². The second-order valence-corrected chi connectivity index (χ2v) is 7.79. The zero-order chi connectivity index (χ0) is 21.1. The van der Waals surface area contributed by atoms with Crippen molar-refractivity contribution >= 4 is 11.8 Å². The molecule has 9 heteroatoms. The molecule has 158 valence electrons. The molecule has 1 aliphatic heterocycles. The molecule has 9 nitrogen and oxygen atoms in total. The van der Waals surface area contributed by atoms with E-state index < -0.39 is 5.97 Å². The number of carbonyl (C=O) groups excluding carboxylic acids is 2. The summed E-state index contributed by atoms with van der Waals surface area (Å²) in [5.74, 6) is 1.16. The molecule has 2 aromatic rings. The van der Waals surface area contributed by atoms with Gasteiger partial charge < -0.3 is 14.2 Å². The van der Waals surface area contributed by atoms with E-state index in [2.05, 4.69) is 24.9 Å². The Morgan fingerprint density at radius 3 is 2.41 bits per heavy atom. The highest BCUT2D eigenvalue weighted by atomic mass is 16.5. The van der Waals surface area contributed by atoms with Gasteiger partial charge in [-0.2, -0.15) is 4.98 Å². The molecule has 0 atom stereocenters. The number of hydrogen-bond donors (Lipinski definition) is 1. The molecule has 0 saturated carbocycles. The van der Waals surface area contributed by atoms with E-state index in [1.807, 2.05) is 13.8 Å². The van der Waals surface area contributed by atoms with E-state index in [1.165, 1.54) is 7.11 Å². The maximum absolute atomic E-state index is 12.8. The minimum Gasteiger partial charge on any atom is -0.465 e. The van der Waals surface area contributed by atoms with Crippen LogP contribution in [0.25, 0.3) is 0 Å². The molecule has 0 amide bonds. The lowest BCUT2D eigenvalue weighted by molar-refractivity contribution is 0.0599. The summed E-state index contributed by atoms with van der Waals surface area (Å²) in [6.07, 6.45) is 0. The number of Topliss-reactive ketones (excluding diaryl/α,β-unsaturated/α-hetero) is 1. The molecule has 3 rings (SSSR count). The van der Waals surface area contributed by atoms with Gasteiger partial charge in [-0.15, -0.1) is 0 Å². The van der Waals surface area contributed by atoms with E-state index in [-0.39, 0.29) is 11.7 Å². The fourth-order valence-corrected chi connectivity index (χ4v) is 3.58. The number of aryl methyl sites for hydroxylation is 1. The SMILES string of the molecule is COC(=O)c1c(C)[nH]c(C(=O)CN2CCN(Cc3nc(C(C)C)no3)CC2)c1C. The van der Waals surface area contributed by atoms with Crippen LogP contribution in [0, 0.1) is 13.8 Å². The molecule has 0 spiro atoms. The molecule has 2 aromatic heterocycles. The topological polar surface area (TPSA) is 105 Å². The quantitative estimate of drug-likeness (QED) is 0.552. The van der Waals surface area contributed by atoms with Crippen LogP contribution in [0.1, 0.15) is 63.6 Å².